The van der Waals surface area contributed by atoms with Crippen LogP contribution in [0.2, 0.25) is 5.02 Å². The Morgan fingerprint density at radius 1 is 0.943 bits per heavy atom. The molecule has 0 N–H and O–H groups in total. The lowest BCUT2D eigenvalue weighted by Crippen LogP contribution is -2.31. The molecule has 3 heterocycles. The number of benzene rings is 2. The Morgan fingerprint density at radius 3 is 2.17 bits per heavy atom. The Balaban J connectivity index is 1.40. The minimum absolute atomic E-state index is 0.0683. The van der Waals surface area contributed by atoms with Gasteiger partial charge in [0.2, 0.25) is 0 Å². The topological polar surface area (TPSA) is 77.3 Å². The van der Waals surface area contributed by atoms with Gasteiger partial charge in [0.05, 0.1) is 22.1 Å². The molecule has 0 bridgehead atoms. The summed E-state index contributed by atoms with van der Waals surface area (Å²) in [6.07, 6.45) is 1.63. The highest BCUT2D eigenvalue weighted by molar-refractivity contribution is 6.33. The van der Waals surface area contributed by atoms with Gasteiger partial charge in [-0.15, -0.1) is 0 Å². The number of halogens is 1. The molecule has 2 aromatic heterocycles. The summed E-state index contributed by atoms with van der Waals surface area (Å²) in [6.45, 7) is 3.31. The molecule has 7 nitrogen and oxygen atoms in total. The molecule has 0 spiro atoms. The van der Waals surface area contributed by atoms with E-state index in [1.165, 1.54) is 0 Å². The van der Waals surface area contributed by atoms with Gasteiger partial charge in [-0.05, 0) is 68.1 Å². The lowest BCUT2D eigenvalue weighted by atomic mass is 10.0. The summed E-state index contributed by atoms with van der Waals surface area (Å²) in [5.74, 6) is -0.692. The van der Waals surface area contributed by atoms with Crippen molar-refractivity contribution in [2.24, 2.45) is 0 Å². The largest absolute Gasteiger partial charge is 0.451 e. The SMILES string of the molecule is Cc1cc(C)n(-c2ccc(Cl)c(C(=O)OCC(=O)N3c4ccccc4CCc4ccccc43)n2)n1. The second-order valence-corrected chi connectivity index (χ2v) is 8.81. The van der Waals surface area contributed by atoms with Gasteiger partial charge in [0.1, 0.15) is 0 Å². The number of para-hydroxylation sites is 2. The van der Waals surface area contributed by atoms with Crippen molar-refractivity contribution in [2.45, 2.75) is 26.7 Å². The van der Waals surface area contributed by atoms with Gasteiger partial charge in [0.15, 0.2) is 18.1 Å². The predicted molar refractivity (Wildman–Crippen MR) is 134 cm³/mol. The van der Waals surface area contributed by atoms with Gasteiger partial charge in [0.25, 0.3) is 5.91 Å². The van der Waals surface area contributed by atoms with Crippen LogP contribution in [-0.2, 0) is 22.4 Å². The van der Waals surface area contributed by atoms with Crippen LogP contribution in [0.25, 0.3) is 5.82 Å². The second-order valence-electron chi connectivity index (χ2n) is 8.40. The number of pyridine rings is 1. The van der Waals surface area contributed by atoms with Gasteiger partial charge in [0, 0.05) is 5.69 Å². The van der Waals surface area contributed by atoms with E-state index in [0.29, 0.717) is 5.82 Å². The maximum absolute atomic E-state index is 13.4. The van der Waals surface area contributed by atoms with E-state index in [2.05, 4.69) is 10.1 Å². The Labute approximate surface area is 207 Å². The number of fused-ring (bicyclic) bond motifs is 2. The zero-order valence-corrected chi connectivity index (χ0v) is 20.1. The van der Waals surface area contributed by atoms with Crippen molar-refractivity contribution in [1.29, 1.82) is 0 Å². The smallest absolute Gasteiger partial charge is 0.359 e. The fraction of sp³-hybridized carbons (Fsp3) is 0.185. The summed E-state index contributed by atoms with van der Waals surface area (Å²) in [5, 5.41) is 4.53. The van der Waals surface area contributed by atoms with Crippen LogP contribution in [0, 0.1) is 13.8 Å². The first-order chi connectivity index (χ1) is 16.9. The van der Waals surface area contributed by atoms with Gasteiger partial charge >= 0.3 is 5.97 Å². The molecular weight excluding hydrogens is 464 g/mol. The average molecular weight is 487 g/mol. The fourth-order valence-corrected chi connectivity index (χ4v) is 4.54. The van der Waals surface area contributed by atoms with E-state index in [1.54, 1.807) is 21.7 Å². The maximum atomic E-state index is 13.4. The molecule has 1 aliphatic rings. The van der Waals surface area contributed by atoms with Crippen molar-refractivity contribution in [1.82, 2.24) is 14.8 Å². The van der Waals surface area contributed by atoms with Crippen molar-refractivity contribution < 1.29 is 14.3 Å². The number of ether oxygens (including phenoxy) is 1. The highest BCUT2D eigenvalue weighted by atomic mass is 35.5. The van der Waals surface area contributed by atoms with E-state index in [1.807, 2.05) is 68.4 Å². The quantitative estimate of drug-likeness (QED) is 0.372. The number of aromatic nitrogens is 3. The zero-order chi connectivity index (χ0) is 24.5. The number of amides is 1. The van der Waals surface area contributed by atoms with Crippen LogP contribution < -0.4 is 4.90 Å². The molecule has 0 saturated carbocycles. The molecule has 176 valence electrons. The molecule has 35 heavy (non-hydrogen) atoms. The Bertz CT molecular complexity index is 1400. The fourth-order valence-electron chi connectivity index (χ4n) is 4.36. The number of esters is 1. The molecule has 1 amide bonds. The Hall–Kier alpha value is -3.97. The number of anilines is 2. The first kappa shape index (κ1) is 22.8. The number of carbonyl (C=O) groups is 2. The van der Waals surface area contributed by atoms with Crippen molar-refractivity contribution in [3.8, 4) is 5.82 Å². The predicted octanol–water partition coefficient (Wildman–Crippen LogP) is 5.16. The third kappa shape index (κ3) is 4.42. The molecule has 0 saturated heterocycles. The van der Waals surface area contributed by atoms with Crippen LogP contribution in [0.3, 0.4) is 0 Å². The maximum Gasteiger partial charge on any atom is 0.359 e. The molecule has 0 atom stereocenters. The normalized spacial score (nSPS) is 12.5. The first-order valence-corrected chi connectivity index (χ1v) is 11.7. The average Bonchev–Trinajstić information content (AvgIpc) is 3.10. The van der Waals surface area contributed by atoms with Crippen LogP contribution in [0.5, 0.6) is 0 Å². The number of rotatable bonds is 4. The van der Waals surface area contributed by atoms with Crippen LogP contribution in [0.4, 0.5) is 11.4 Å². The molecule has 0 unspecified atom stereocenters. The van der Waals surface area contributed by atoms with E-state index in [4.69, 9.17) is 16.3 Å². The Morgan fingerprint density at radius 2 is 1.57 bits per heavy atom. The highest BCUT2D eigenvalue weighted by Crippen LogP contribution is 2.36. The van der Waals surface area contributed by atoms with Crippen molar-refractivity contribution in [3.63, 3.8) is 0 Å². The first-order valence-electron chi connectivity index (χ1n) is 11.3. The number of hydrogen-bond acceptors (Lipinski definition) is 5. The van der Waals surface area contributed by atoms with Crippen molar-refractivity contribution in [2.75, 3.05) is 11.5 Å². The summed E-state index contributed by atoms with van der Waals surface area (Å²) in [4.78, 5) is 32.3. The van der Waals surface area contributed by atoms with E-state index in [-0.39, 0.29) is 16.6 Å². The summed E-state index contributed by atoms with van der Waals surface area (Å²) in [7, 11) is 0. The van der Waals surface area contributed by atoms with Gasteiger partial charge < -0.3 is 4.74 Å². The van der Waals surface area contributed by atoms with Crippen LogP contribution >= 0.6 is 11.6 Å². The van der Waals surface area contributed by atoms with Crippen LogP contribution in [-0.4, -0.2) is 33.2 Å². The Kier molecular flexibility index (Phi) is 6.09. The highest BCUT2D eigenvalue weighted by Gasteiger charge is 2.27. The number of hydrogen-bond donors (Lipinski definition) is 0. The third-order valence-corrected chi connectivity index (χ3v) is 6.26. The van der Waals surface area contributed by atoms with E-state index in [0.717, 1.165) is 46.7 Å². The van der Waals surface area contributed by atoms with Gasteiger partial charge in [-0.2, -0.15) is 5.10 Å². The van der Waals surface area contributed by atoms with Crippen LogP contribution in [0.1, 0.15) is 33.0 Å². The van der Waals surface area contributed by atoms with Gasteiger partial charge in [-0.25, -0.2) is 14.5 Å². The standard InChI is InChI=1S/C27H23ClN4O3/c1-17-15-18(2)32(30-17)24-14-13-21(28)26(29-24)27(34)35-16-25(33)31-22-9-5-3-7-19(22)11-12-20-8-4-6-10-23(20)31/h3-10,13-15H,11-12,16H2,1-2H3. The van der Waals surface area contributed by atoms with Crippen LogP contribution in [0.15, 0.2) is 66.7 Å². The summed E-state index contributed by atoms with van der Waals surface area (Å²) < 4.78 is 7.04. The molecular formula is C27H23ClN4O3. The minimum Gasteiger partial charge on any atom is -0.451 e. The van der Waals surface area contributed by atoms with Gasteiger partial charge in [-0.1, -0.05) is 48.0 Å². The molecule has 5 rings (SSSR count). The van der Waals surface area contributed by atoms with Gasteiger partial charge in [-0.3, -0.25) is 9.69 Å². The molecule has 4 aromatic rings. The van der Waals surface area contributed by atoms with Crippen molar-refractivity contribution >= 4 is 34.9 Å². The lowest BCUT2D eigenvalue weighted by Gasteiger charge is -2.24. The molecule has 0 radical (unpaired) electrons. The molecule has 2 aromatic carbocycles. The summed E-state index contributed by atoms with van der Waals surface area (Å²) >= 11 is 6.25. The number of aryl methyl sites for hydroxylation is 4. The number of nitrogens with zero attached hydrogens (tertiary/aromatic N) is 4. The summed E-state index contributed by atoms with van der Waals surface area (Å²) in [5.41, 5.74) is 5.33. The van der Waals surface area contributed by atoms with E-state index < -0.39 is 12.6 Å². The number of carbonyl (C=O) groups excluding carboxylic acids is 2. The monoisotopic (exact) mass is 486 g/mol. The van der Waals surface area contributed by atoms with E-state index in [9.17, 15) is 9.59 Å². The molecule has 0 fully saturated rings. The lowest BCUT2D eigenvalue weighted by molar-refractivity contribution is -0.121. The second kappa shape index (κ2) is 9.35. The third-order valence-electron chi connectivity index (χ3n) is 5.96. The minimum atomic E-state index is -0.775. The molecule has 1 aliphatic heterocycles. The van der Waals surface area contributed by atoms with E-state index >= 15 is 0 Å². The molecule has 8 heteroatoms. The van der Waals surface area contributed by atoms with Crippen molar-refractivity contribution in [3.05, 3.63) is 100.0 Å². The summed E-state index contributed by atoms with van der Waals surface area (Å²) in [6, 6.07) is 20.7. The molecule has 0 aliphatic carbocycles. The zero-order valence-electron chi connectivity index (χ0n) is 19.4.